The van der Waals surface area contributed by atoms with Gasteiger partial charge in [0.1, 0.15) is 0 Å². The van der Waals surface area contributed by atoms with E-state index in [1.54, 1.807) is 31.2 Å². The first-order chi connectivity index (χ1) is 10.4. The van der Waals surface area contributed by atoms with Gasteiger partial charge in [0.2, 0.25) is 10.0 Å². The number of nitrogens with one attached hydrogen (secondary N) is 2. The van der Waals surface area contributed by atoms with Gasteiger partial charge in [0, 0.05) is 17.3 Å². The Labute approximate surface area is 131 Å². The minimum Gasteiger partial charge on any atom is -0.349 e. The van der Waals surface area contributed by atoms with Gasteiger partial charge in [-0.15, -0.1) is 0 Å². The second-order valence-electron chi connectivity index (χ2n) is 5.63. The molecule has 1 heterocycles. The van der Waals surface area contributed by atoms with E-state index in [2.05, 4.69) is 22.0 Å². The number of nitrogens with zero attached hydrogens (tertiary/aromatic N) is 1. The zero-order valence-electron chi connectivity index (χ0n) is 13.0. The molecule has 0 aliphatic carbocycles. The van der Waals surface area contributed by atoms with Crippen LogP contribution in [0.2, 0.25) is 0 Å². The summed E-state index contributed by atoms with van der Waals surface area (Å²) in [7, 11) is -1.21. The minimum atomic E-state index is -3.29. The fraction of sp³-hybridized carbons (Fsp3) is 0.533. The van der Waals surface area contributed by atoms with Crippen LogP contribution in [0.15, 0.2) is 24.3 Å². The molecular formula is C15H23N3O3S. The number of benzene rings is 1. The van der Waals surface area contributed by atoms with Crippen LogP contribution < -0.4 is 10.0 Å². The molecule has 1 aliphatic rings. The van der Waals surface area contributed by atoms with Crippen LogP contribution in [0, 0.1) is 0 Å². The molecule has 122 valence electrons. The molecule has 7 heteroatoms. The Bertz CT molecular complexity index is 605. The van der Waals surface area contributed by atoms with E-state index in [0.29, 0.717) is 11.3 Å². The van der Waals surface area contributed by atoms with Crippen LogP contribution in [0.4, 0.5) is 5.69 Å². The van der Waals surface area contributed by atoms with E-state index in [-0.39, 0.29) is 17.7 Å². The van der Waals surface area contributed by atoms with Crippen LogP contribution in [-0.4, -0.2) is 51.2 Å². The van der Waals surface area contributed by atoms with Gasteiger partial charge in [-0.25, -0.2) is 8.42 Å². The molecule has 1 aromatic carbocycles. The molecule has 0 atom stereocenters. The van der Waals surface area contributed by atoms with Gasteiger partial charge in [0.25, 0.3) is 5.91 Å². The second kappa shape index (κ2) is 7.11. The molecule has 0 saturated carbocycles. The summed E-state index contributed by atoms with van der Waals surface area (Å²) in [4.78, 5) is 14.4. The van der Waals surface area contributed by atoms with Crippen molar-refractivity contribution in [3.8, 4) is 0 Å². The number of carbonyl (C=O) groups excluding carboxylic acids is 1. The smallest absolute Gasteiger partial charge is 0.251 e. The van der Waals surface area contributed by atoms with Crippen molar-refractivity contribution in [2.75, 3.05) is 30.6 Å². The Hall–Kier alpha value is -1.60. The number of sulfonamides is 1. The lowest BCUT2D eigenvalue weighted by molar-refractivity contribution is 0.0917. The lowest BCUT2D eigenvalue weighted by atomic mass is 10.0. The SMILES string of the molecule is CCS(=O)(=O)Nc1ccc(C(=O)NC2CCN(C)CC2)cc1. The van der Waals surface area contributed by atoms with E-state index in [9.17, 15) is 13.2 Å². The third-order valence-corrected chi connectivity index (χ3v) is 5.16. The maximum atomic E-state index is 12.2. The quantitative estimate of drug-likeness (QED) is 0.854. The Kier molecular flexibility index (Phi) is 5.42. The van der Waals surface area contributed by atoms with Gasteiger partial charge in [-0.05, 0) is 64.2 Å². The van der Waals surface area contributed by atoms with Crippen molar-refractivity contribution >= 4 is 21.6 Å². The van der Waals surface area contributed by atoms with Crippen LogP contribution in [0.25, 0.3) is 0 Å². The van der Waals surface area contributed by atoms with Crippen molar-refractivity contribution in [1.29, 1.82) is 0 Å². The van der Waals surface area contributed by atoms with Crippen molar-refractivity contribution in [2.24, 2.45) is 0 Å². The Morgan fingerprint density at radius 3 is 2.36 bits per heavy atom. The van der Waals surface area contributed by atoms with Gasteiger partial charge in [-0.3, -0.25) is 9.52 Å². The Balaban J connectivity index is 1.93. The molecule has 0 radical (unpaired) electrons. The summed E-state index contributed by atoms with van der Waals surface area (Å²) in [5.41, 5.74) is 1.01. The Morgan fingerprint density at radius 2 is 1.82 bits per heavy atom. The van der Waals surface area contributed by atoms with Crippen LogP contribution >= 0.6 is 0 Å². The molecule has 0 spiro atoms. The third-order valence-electron chi connectivity index (χ3n) is 3.85. The molecule has 2 rings (SSSR count). The Morgan fingerprint density at radius 1 is 1.23 bits per heavy atom. The molecule has 1 aromatic rings. The molecule has 1 amide bonds. The van der Waals surface area contributed by atoms with Crippen molar-refractivity contribution in [3.63, 3.8) is 0 Å². The van der Waals surface area contributed by atoms with Crippen LogP contribution in [0.5, 0.6) is 0 Å². The first-order valence-corrected chi connectivity index (χ1v) is 9.15. The summed E-state index contributed by atoms with van der Waals surface area (Å²) in [6.07, 6.45) is 1.91. The van der Waals surface area contributed by atoms with Crippen molar-refractivity contribution < 1.29 is 13.2 Å². The summed E-state index contributed by atoms with van der Waals surface area (Å²) in [5.74, 6) is -0.0924. The zero-order valence-corrected chi connectivity index (χ0v) is 13.8. The lowest BCUT2D eigenvalue weighted by Gasteiger charge is -2.29. The predicted molar refractivity (Wildman–Crippen MR) is 87.5 cm³/mol. The highest BCUT2D eigenvalue weighted by atomic mass is 32.2. The number of hydrogen-bond acceptors (Lipinski definition) is 4. The van der Waals surface area contributed by atoms with Crippen molar-refractivity contribution in [2.45, 2.75) is 25.8 Å². The maximum Gasteiger partial charge on any atom is 0.251 e. The van der Waals surface area contributed by atoms with Gasteiger partial charge in [0.05, 0.1) is 5.75 Å². The fourth-order valence-electron chi connectivity index (χ4n) is 2.36. The highest BCUT2D eigenvalue weighted by molar-refractivity contribution is 7.92. The summed E-state index contributed by atoms with van der Waals surface area (Å²) in [6.45, 7) is 3.55. The zero-order chi connectivity index (χ0) is 16.2. The standard InChI is InChI=1S/C15H23N3O3S/c1-3-22(20,21)17-14-6-4-12(5-7-14)15(19)16-13-8-10-18(2)11-9-13/h4-7,13,17H,3,8-11H2,1-2H3,(H,16,19). The van der Waals surface area contributed by atoms with E-state index < -0.39 is 10.0 Å². The van der Waals surface area contributed by atoms with Gasteiger partial charge >= 0.3 is 0 Å². The monoisotopic (exact) mass is 325 g/mol. The van der Waals surface area contributed by atoms with E-state index in [0.717, 1.165) is 25.9 Å². The summed E-state index contributed by atoms with van der Waals surface area (Å²) in [5, 5.41) is 3.03. The molecule has 1 aliphatic heterocycles. The molecule has 0 bridgehead atoms. The molecule has 1 fully saturated rings. The van der Waals surface area contributed by atoms with Crippen molar-refractivity contribution in [1.82, 2.24) is 10.2 Å². The number of amides is 1. The number of anilines is 1. The maximum absolute atomic E-state index is 12.2. The number of carbonyl (C=O) groups is 1. The average molecular weight is 325 g/mol. The van der Waals surface area contributed by atoms with Crippen LogP contribution in [0.1, 0.15) is 30.1 Å². The summed E-state index contributed by atoms with van der Waals surface area (Å²) >= 11 is 0. The second-order valence-corrected chi connectivity index (χ2v) is 7.64. The van der Waals surface area contributed by atoms with Gasteiger partial charge in [-0.2, -0.15) is 0 Å². The van der Waals surface area contributed by atoms with E-state index >= 15 is 0 Å². The molecular weight excluding hydrogens is 302 g/mol. The highest BCUT2D eigenvalue weighted by Gasteiger charge is 2.19. The van der Waals surface area contributed by atoms with Crippen LogP contribution in [-0.2, 0) is 10.0 Å². The molecule has 0 aromatic heterocycles. The number of piperidine rings is 1. The first-order valence-electron chi connectivity index (χ1n) is 7.49. The van der Waals surface area contributed by atoms with Gasteiger partial charge < -0.3 is 10.2 Å². The number of hydrogen-bond donors (Lipinski definition) is 2. The molecule has 0 unspecified atom stereocenters. The van der Waals surface area contributed by atoms with Crippen molar-refractivity contribution in [3.05, 3.63) is 29.8 Å². The summed E-state index contributed by atoms with van der Waals surface area (Å²) in [6, 6.07) is 6.70. The molecule has 1 saturated heterocycles. The average Bonchev–Trinajstić information content (AvgIpc) is 2.50. The molecule has 2 N–H and O–H groups in total. The fourth-order valence-corrected chi connectivity index (χ4v) is 3.00. The minimum absolute atomic E-state index is 0.0192. The normalized spacial score (nSPS) is 17.2. The van der Waals surface area contributed by atoms with E-state index in [4.69, 9.17) is 0 Å². The van der Waals surface area contributed by atoms with Gasteiger partial charge in [-0.1, -0.05) is 0 Å². The first kappa shape index (κ1) is 16.8. The predicted octanol–water partition coefficient (Wildman–Crippen LogP) is 1.27. The molecule has 6 nitrogen and oxygen atoms in total. The topological polar surface area (TPSA) is 78.5 Å². The van der Waals surface area contributed by atoms with E-state index in [1.165, 1.54) is 0 Å². The number of likely N-dealkylation sites (tertiary alicyclic amines) is 1. The largest absolute Gasteiger partial charge is 0.349 e. The van der Waals surface area contributed by atoms with E-state index in [1.807, 2.05) is 0 Å². The van der Waals surface area contributed by atoms with Crippen LogP contribution in [0.3, 0.4) is 0 Å². The van der Waals surface area contributed by atoms with Gasteiger partial charge in [0.15, 0.2) is 0 Å². The highest BCUT2D eigenvalue weighted by Crippen LogP contribution is 2.13. The summed E-state index contributed by atoms with van der Waals surface area (Å²) < 4.78 is 25.4. The molecule has 22 heavy (non-hydrogen) atoms. The third kappa shape index (κ3) is 4.71. The lowest BCUT2D eigenvalue weighted by Crippen LogP contribution is -2.43. The number of rotatable bonds is 5.